The summed E-state index contributed by atoms with van der Waals surface area (Å²) in [6.07, 6.45) is 0.902. The predicted octanol–water partition coefficient (Wildman–Crippen LogP) is 0.608. The van der Waals surface area contributed by atoms with Crippen molar-refractivity contribution in [1.29, 1.82) is 0 Å². The number of sulfonamides is 1. The molecule has 1 atom stereocenters. The first-order valence-electron chi connectivity index (χ1n) is 7.48. The number of nitrogens with one attached hydrogen (secondary N) is 1. The summed E-state index contributed by atoms with van der Waals surface area (Å²) in [7, 11) is -2.46. The molecule has 130 valence electrons. The molecular formula is C15H17NO7S. The number of carbonyl (C=O) groups excluding carboxylic acids is 2. The summed E-state index contributed by atoms with van der Waals surface area (Å²) in [5, 5.41) is 0. The second kappa shape index (κ2) is 6.40. The van der Waals surface area contributed by atoms with Crippen molar-refractivity contribution in [2.45, 2.75) is 36.3 Å². The lowest BCUT2D eigenvalue weighted by atomic mass is 10.2. The van der Waals surface area contributed by atoms with Gasteiger partial charge in [-0.25, -0.2) is 22.7 Å². The van der Waals surface area contributed by atoms with E-state index in [0.29, 0.717) is 0 Å². The van der Waals surface area contributed by atoms with Gasteiger partial charge in [-0.05, 0) is 31.0 Å². The van der Waals surface area contributed by atoms with Gasteiger partial charge in [0.05, 0.1) is 19.3 Å². The van der Waals surface area contributed by atoms with Gasteiger partial charge in [0.2, 0.25) is 16.1 Å². The minimum atomic E-state index is -3.81. The molecule has 9 heteroatoms. The maximum absolute atomic E-state index is 12.4. The Bertz CT molecular complexity index is 770. The second-order valence-corrected chi connectivity index (χ2v) is 7.29. The monoisotopic (exact) mass is 355 g/mol. The average Bonchev–Trinajstić information content (AvgIpc) is 3.27. The number of ether oxygens (including phenoxy) is 3. The summed E-state index contributed by atoms with van der Waals surface area (Å²) in [5.41, 5.74) is 0.0201. The van der Waals surface area contributed by atoms with Gasteiger partial charge in [0.15, 0.2) is 0 Å². The van der Waals surface area contributed by atoms with Crippen LogP contribution in [0.5, 0.6) is 5.75 Å². The molecule has 1 aliphatic heterocycles. The molecule has 0 unspecified atom stereocenters. The van der Waals surface area contributed by atoms with Crippen LogP contribution in [0.4, 0.5) is 0 Å². The van der Waals surface area contributed by atoms with Crippen molar-refractivity contribution in [2.75, 3.05) is 13.7 Å². The average molecular weight is 355 g/mol. The van der Waals surface area contributed by atoms with Crippen molar-refractivity contribution in [3.8, 4) is 5.75 Å². The first-order valence-corrected chi connectivity index (χ1v) is 8.97. The number of cyclic esters (lactones) is 1. The van der Waals surface area contributed by atoms with Crippen molar-refractivity contribution in [3.05, 3.63) is 23.8 Å². The van der Waals surface area contributed by atoms with Crippen LogP contribution in [0.15, 0.2) is 23.1 Å². The van der Waals surface area contributed by atoms with E-state index in [0.717, 1.165) is 12.8 Å². The molecule has 1 N–H and O–H groups in total. The van der Waals surface area contributed by atoms with Crippen LogP contribution < -0.4 is 9.46 Å². The quantitative estimate of drug-likeness (QED) is 0.745. The zero-order chi connectivity index (χ0) is 17.3. The van der Waals surface area contributed by atoms with Gasteiger partial charge in [-0.3, -0.25) is 0 Å². The lowest BCUT2D eigenvalue weighted by Gasteiger charge is -2.13. The summed E-state index contributed by atoms with van der Waals surface area (Å²) in [6.45, 7) is 0.199. The lowest BCUT2D eigenvalue weighted by molar-refractivity contribution is -0.145. The molecule has 0 radical (unpaired) electrons. The number of hydrogen-bond donors (Lipinski definition) is 1. The Balaban J connectivity index is 1.85. The van der Waals surface area contributed by atoms with E-state index in [4.69, 9.17) is 14.2 Å². The fourth-order valence-corrected chi connectivity index (χ4v) is 3.78. The van der Waals surface area contributed by atoms with Gasteiger partial charge in [-0.2, -0.15) is 0 Å². The lowest BCUT2D eigenvalue weighted by Crippen LogP contribution is -2.27. The molecule has 1 saturated carbocycles. The van der Waals surface area contributed by atoms with Crippen LogP contribution in [0.25, 0.3) is 0 Å². The summed E-state index contributed by atoms with van der Waals surface area (Å²) in [5.74, 6) is -1.26. The standard InChI is InChI=1S/C15H17NO7S/c1-21-11-5-2-9(14(17)23-12-6-7-22-15(12)18)8-13(11)24(19,20)16-10-3-4-10/h2,5,8,10,12,16H,3-4,6-7H2,1H3/t12-/m1/s1. The SMILES string of the molecule is COc1ccc(C(=O)O[C@@H]2CCOC2=O)cc1S(=O)(=O)NC1CC1. The molecule has 0 spiro atoms. The van der Waals surface area contributed by atoms with E-state index in [1.54, 1.807) is 0 Å². The highest BCUT2D eigenvalue weighted by atomic mass is 32.2. The Labute approximate surface area is 139 Å². The van der Waals surface area contributed by atoms with E-state index in [2.05, 4.69) is 4.72 Å². The fraction of sp³-hybridized carbons (Fsp3) is 0.467. The van der Waals surface area contributed by atoms with Crippen LogP contribution in [-0.4, -0.2) is 46.2 Å². The molecule has 24 heavy (non-hydrogen) atoms. The molecule has 0 amide bonds. The Hall–Kier alpha value is -2.13. The number of hydrogen-bond acceptors (Lipinski definition) is 7. The third-order valence-corrected chi connectivity index (χ3v) is 5.27. The van der Waals surface area contributed by atoms with Crippen LogP contribution in [0.2, 0.25) is 0 Å². The van der Waals surface area contributed by atoms with E-state index in [-0.39, 0.29) is 35.3 Å². The highest BCUT2D eigenvalue weighted by molar-refractivity contribution is 7.89. The van der Waals surface area contributed by atoms with Gasteiger partial charge >= 0.3 is 11.9 Å². The summed E-state index contributed by atoms with van der Waals surface area (Å²) in [6, 6.07) is 3.87. The Morgan fingerprint density at radius 3 is 2.62 bits per heavy atom. The Kier molecular flexibility index (Phi) is 4.46. The molecule has 0 bridgehead atoms. The van der Waals surface area contributed by atoms with Crippen molar-refractivity contribution in [1.82, 2.24) is 4.72 Å². The topological polar surface area (TPSA) is 108 Å². The van der Waals surface area contributed by atoms with E-state index < -0.39 is 28.1 Å². The molecule has 1 aromatic rings. The van der Waals surface area contributed by atoms with Crippen molar-refractivity contribution >= 4 is 22.0 Å². The van der Waals surface area contributed by atoms with Crippen LogP contribution >= 0.6 is 0 Å². The minimum Gasteiger partial charge on any atom is -0.495 e. The molecule has 2 aliphatic rings. The fourth-order valence-electron chi connectivity index (χ4n) is 2.28. The third kappa shape index (κ3) is 3.51. The largest absolute Gasteiger partial charge is 0.495 e. The first-order chi connectivity index (χ1) is 11.4. The van der Waals surface area contributed by atoms with Crippen LogP contribution in [0, 0.1) is 0 Å². The van der Waals surface area contributed by atoms with Gasteiger partial charge in [-0.15, -0.1) is 0 Å². The highest BCUT2D eigenvalue weighted by Crippen LogP contribution is 2.28. The minimum absolute atomic E-state index is 0.0201. The van der Waals surface area contributed by atoms with Gasteiger partial charge in [0, 0.05) is 12.5 Å². The molecule has 1 saturated heterocycles. The zero-order valence-corrected chi connectivity index (χ0v) is 13.8. The molecule has 3 rings (SSSR count). The normalized spacial score (nSPS) is 20.5. The molecular weight excluding hydrogens is 338 g/mol. The third-order valence-electron chi connectivity index (χ3n) is 3.72. The van der Waals surface area contributed by atoms with Crippen LogP contribution in [0.3, 0.4) is 0 Å². The number of carbonyl (C=O) groups is 2. The number of rotatable bonds is 6. The number of benzene rings is 1. The maximum atomic E-state index is 12.4. The van der Waals surface area contributed by atoms with Gasteiger partial charge in [-0.1, -0.05) is 0 Å². The maximum Gasteiger partial charge on any atom is 0.347 e. The molecule has 2 fully saturated rings. The van der Waals surface area contributed by atoms with Gasteiger partial charge in [0.1, 0.15) is 10.6 Å². The molecule has 1 aromatic carbocycles. The zero-order valence-electron chi connectivity index (χ0n) is 13.0. The van der Waals surface area contributed by atoms with Gasteiger partial charge < -0.3 is 14.2 Å². The van der Waals surface area contributed by atoms with E-state index in [9.17, 15) is 18.0 Å². The number of methoxy groups -OCH3 is 1. The first kappa shape index (κ1) is 16.7. The van der Waals surface area contributed by atoms with Crippen molar-refractivity contribution in [2.24, 2.45) is 0 Å². The van der Waals surface area contributed by atoms with E-state index in [1.165, 1.54) is 25.3 Å². The highest BCUT2D eigenvalue weighted by Gasteiger charge is 2.32. The smallest absolute Gasteiger partial charge is 0.347 e. The Morgan fingerprint density at radius 1 is 1.29 bits per heavy atom. The summed E-state index contributed by atoms with van der Waals surface area (Å²) in [4.78, 5) is 23.4. The molecule has 0 aromatic heterocycles. The molecule has 1 aliphatic carbocycles. The van der Waals surface area contributed by atoms with Crippen molar-refractivity contribution < 1.29 is 32.2 Å². The Morgan fingerprint density at radius 2 is 2.04 bits per heavy atom. The summed E-state index contributed by atoms with van der Waals surface area (Å²) >= 11 is 0. The molecule has 8 nitrogen and oxygen atoms in total. The van der Waals surface area contributed by atoms with Crippen LogP contribution in [0.1, 0.15) is 29.6 Å². The van der Waals surface area contributed by atoms with Crippen LogP contribution in [-0.2, 0) is 24.3 Å². The van der Waals surface area contributed by atoms with E-state index in [1.807, 2.05) is 0 Å². The molecule has 1 heterocycles. The second-order valence-electron chi connectivity index (χ2n) is 5.61. The van der Waals surface area contributed by atoms with E-state index >= 15 is 0 Å². The van der Waals surface area contributed by atoms with Crippen molar-refractivity contribution in [3.63, 3.8) is 0 Å². The summed E-state index contributed by atoms with van der Waals surface area (Å²) < 4.78 is 42.2. The predicted molar refractivity (Wildman–Crippen MR) is 81.1 cm³/mol. The number of esters is 2. The van der Waals surface area contributed by atoms with Gasteiger partial charge in [0.25, 0.3) is 0 Å².